The first-order valence-electron chi connectivity index (χ1n) is 9.19. The molecule has 0 bridgehead atoms. The lowest BCUT2D eigenvalue weighted by Crippen LogP contribution is -2.51. The van der Waals surface area contributed by atoms with E-state index in [2.05, 4.69) is 6.92 Å². The van der Waals surface area contributed by atoms with Crippen LogP contribution in [0.3, 0.4) is 0 Å². The van der Waals surface area contributed by atoms with Crippen molar-refractivity contribution in [3.8, 4) is 0 Å². The third-order valence-corrected chi connectivity index (χ3v) is 6.74. The molecule has 25 heavy (non-hydrogen) atoms. The van der Waals surface area contributed by atoms with Gasteiger partial charge in [0.25, 0.3) is 0 Å². The summed E-state index contributed by atoms with van der Waals surface area (Å²) < 4.78 is 10.1. The number of aliphatic hydroxyl groups is 1. The van der Waals surface area contributed by atoms with Gasteiger partial charge < -0.3 is 14.6 Å². The summed E-state index contributed by atoms with van der Waals surface area (Å²) in [7, 11) is 1.45. The van der Waals surface area contributed by atoms with Crippen LogP contribution in [-0.4, -0.2) is 30.8 Å². The van der Waals surface area contributed by atoms with Gasteiger partial charge in [-0.2, -0.15) is 0 Å². The number of allylic oxidation sites excluding steroid dienone is 2. The molecular formula is C20H28O5. The number of ether oxygens (including phenoxy) is 2. The summed E-state index contributed by atoms with van der Waals surface area (Å²) in [6.45, 7) is 4.53. The van der Waals surface area contributed by atoms with E-state index in [0.717, 1.165) is 31.3 Å². The first-order chi connectivity index (χ1) is 11.8. The fourth-order valence-electron chi connectivity index (χ4n) is 5.40. The van der Waals surface area contributed by atoms with E-state index in [-0.39, 0.29) is 23.3 Å². The third-order valence-electron chi connectivity index (χ3n) is 6.74. The van der Waals surface area contributed by atoms with E-state index >= 15 is 0 Å². The molecule has 1 aliphatic heterocycles. The van der Waals surface area contributed by atoms with Crippen molar-refractivity contribution in [2.75, 3.05) is 13.7 Å². The van der Waals surface area contributed by atoms with Crippen LogP contribution >= 0.6 is 0 Å². The summed E-state index contributed by atoms with van der Waals surface area (Å²) in [4.78, 5) is 24.2. The number of carbonyl (C=O) groups excluding carboxylic acids is 2. The first kappa shape index (κ1) is 18.0. The van der Waals surface area contributed by atoms with Crippen molar-refractivity contribution in [1.82, 2.24) is 0 Å². The van der Waals surface area contributed by atoms with Gasteiger partial charge in [0, 0.05) is 12.0 Å². The minimum absolute atomic E-state index is 0.147. The van der Waals surface area contributed by atoms with E-state index in [0.29, 0.717) is 37.2 Å². The number of hydrogen-bond donors (Lipinski definition) is 1. The van der Waals surface area contributed by atoms with Gasteiger partial charge in [-0.3, -0.25) is 4.79 Å². The number of rotatable bonds is 4. The van der Waals surface area contributed by atoms with E-state index in [4.69, 9.17) is 9.47 Å². The zero-order chi connectivity index (χ0) is 18.2. The van der Waals surface area contributed by atoms with E-state index in [1.807, 2.05) is 13.0 Å². The average Bonchev–Trinajstić information content (AvgIpc) is 2.98. The topological polar surface area (TPSA) is 72.8 Å². The van der Waals surface area contributed by atoms with Crippen LogP contribution in [0.1, 0.15) is 58.8 Å². The summed E-state index contributed by atoms with van der Waals surface area (Å²) in [5.41, 5.74) is 0.961. The quantitative estimate of drug-likeness (QED) is 0.782. The van der Waals surface area contributed by atoms with Crippen molar-refractivity contribution in [3.63, 3.8) is 0 Å². The molecule has 0 radical (unpaired) electrons. The number of fused-ring (bicyclic) bond motifs is 1. The van der Waals surface area contributed by atoms with Gasteiger partial charge in [-0.25, -0.2) is 4.79 Å². The Hall–Kier alpha value is -1.78. The van der Waals surface area contributed by atoms with Gasteiger partial charge in [0.05, 0.1) is 18.3 Å². The Morgan fingerprint density at radius 2 is 2.12 bits per heavy atom. The highest BCUT2D eigenvalue weighted by Crippen LogP contribution is 2.60. The molecule has 5 heteroatoms. The number of methoxy groups -OCH3 is 1. The summed E-state index contributed by atoms with van der Waals surface area (Å²) >= 11 is 0. The number of aliphatic hydroxyl groups excluding tert-OH is 1. The fraction of sp³-hybridized carbons (Fsp3) is 0.700. The third kappa shape index (κ3) is 2.87. The summed E-state index contributed by atoms with van der Waals surface area (Å²) in [6.07, 6.45) is 7.13. The maximum atomic E-state index is 12.5. The monoisotopic (exact) mass is 348 g/mol. The van der Waals surface area contributed by atoms with Crippen LogP contribution in [-0.2, 0) is 19.1 Å². The maximum absolute atomic E-state index is 12.5. The minimum atomic E-state index is -0.515. The second-order valence-corrected chi connectivity index (χ2v) is 8.02. The van der Waals surface area contributed by atoms with Gasteiger partial charge >= 0.3 is 11.9 Å². The molecule has 1 N–H and O–H groups in total. The smallest absolute Gasteiger partial charge is 0.334 e. The molecule has 2 aliphatic carbocycles. The predicted molar refractivity (Wildman–Crippen MR) is 92.7 cm³/mol. The molecule has 0 amide bonds. The number of cyclic esters (lactones) is 1. The highest BCUT2D eigenvalue weighted by molar-refractivity contribution is 5.90. The van der Waals surface area contributed by atoms with Crippen LogP contribution in [0.15, 0.2) is 23.0 Å². The first-order valence-corrected chi connectivity index (χ1v) is 9.19. The molecule has 3 atom stereocenters. The largest absolute Gasteiger partial charge is 0.512 e. The number of hydrogen-bond acceptors (Lipinski definition) is 5. The maximum Gasteiger partial charge on any atom is 0.334 e. The van der Waals surface area contributed by atoms with E-state index in [1.54, 1.807) is 0 Å². The van der Waals surface area contributed by atoms with Crippen LogP contribution in [0.25, 0.3) is 0 Å². The SMILES string of the molecule is COC(=O)[C@@]1(C)CCC[C@]2(C)C(CCC3=CCOC3=O)=C(O)CC[C@@H]12. The fourth-order valence-corrected chi connectivity index (χ4v) is 5.40. The van der Waals surface area contributed by atoms with Gasteiger partial charge in [-0.05, 0) is 62.0 Å². The molecule has 5 nitrogen and oxygen atoms in total. The molecule has 1 fully saturated rings. The second-order valence-electron chi connectivity index (χ2n) is 8.02. The van der Waals surface area contributed by atoms with Crippen molar-refractivity contribution < 1.29 is 24.2 Å². The van der Waals surface area contributed by atoms with Gasteiger partial charge in [0.15, 0.2) is 0 Å². The molecule has 0 saturated heterocycles. The molecular weight excluding hydrogens is 320 g/mol. The van der Waals surface area contributed by atoms with E-state index in [1.165, 1.54) is 7.11 Å². The zero-order valence-corrected chi connectivity index (χ0v) is 15.4. The van der Waals surface area contributed by atoms with Crippen LogP contribution in [0.5, 0.6) is 0 Å². The molecule has 1 saturated carbocycles. The van der Waals surface area contributed by atoms with E-state index < -0.39 is 5.41 Å². The molecule has 0 unspecified atom stereocenters. The molecule has 0 aromatic rings. The van der Waals surface area contributed by atoms with Gasteiger partial charge in [0.2, 0.25) is 0 Å². The van der Waals surface area contributed by atoms with Crippen LogP contribution < -0.4 is 0 Å². The molecule has 0 spiro atoms. The second kappa shape index (κ2) is 6.50. The van der Waals surface area contributed by atoms with Crippen LogP contribution in [0.4, 0.5) is 0 Å². The minimum Gasteiger partial charge on any atom is -0.512 e. The Kier molecular flexibility index (Phi) is 4.69. The van der Waals surface area contributed by atoms with Crippen molar-refractivity contribution in [2.24, 2.45) is 16.7 Å². The molecule has 3 rings (SSSR count). The Bertz CT molecular complexity index is 646. The molecule has 0 aromatic carbocycles. The van der Waals surface area contributed by atoms with E-state index in [9.17, 15) is 14.7 Å². The van der Waals surface area contributed by atoms with Crippen LogP contribution in [0.2, 0.25) is 0 Å². The Labute approximate surface area is 149 Å². The summed E-state index contributed by atoms with van der Waals surface area (Å²) in [5, 5.41) is 10.6. The lowest BCUT2D eigenvalue weighted by atomic mass is 9.50. The predicted octanol–water partition coefficient (Wildman–Crippen LogP) is 3.84. The van der Waals surface area contributed by atoms with Crippen molar-refractivity contribution >= 4 is 11.9 Å². The number of carbonyl (C=O) groups is 2. The number of esters is 2. The summed E-state index contributed by atoms with van der Waals surface area (Å²) in [5.74, 6) is 0.198. The Morgan fingerprint density at radius 1 is 1.36 bits per heavy atom. The standard InChI is InChI=1S/C20H28O5/c1-19-10-4-11-20(2,18(23)24-3)16(19)8-7-15(21)14(19)6-5-13-9-12-25-17(13)22/h9,16,21H,4-8,10-12H2,1-3H3/t16-,19-,20+/m1/s1. The Balaban J connectivity index is 1.87. The highest BCUT2D eigenvalue weighted by atomic mass is 16.5. The highest BCUT2D eigenvalue weighted by Gasteiger charge is 2.56. The van der Waals surface area contributed by atoms with Crippen molar-refractivity contribution in [3.05, 3.63) is 23.0 Å². The lowest BCUT2D eigenvalue weighted by molar-refractivity contribution is -0.163. The Morgan fingerprint density at radius 3 is 2.76 bits per heavy atom. The molecule has 3 aliphatic rings. The van der Waals surface area contributed by atoms with Gasteiger partial charge in [-0.15, -0.1) is 0 Å². The average molecular weight is 348 g/mol. The normalized spacial score (nSPS) is 35.1. The van der Waals surface area contributed by atoms with Gasteiger partial charge in [-0.1, -0.05) is 13.3 Å². The summed E-state index contributed by atoms with van der Waals surface area (Å²) in [6, 6.07) is 0. The zero-order valence-electron chi connectivity index (χ0n) is 15.4. The lowest BCUT2D eigenvalue weighted by Gasteiger charge is -2.54. The molecule has 1 heterocycles. The van der Waals surface area contributed by atoms with Gasteiger partial charge in [0.1, 0.15) is 6.61 Å². The molecule has 0 aromatic heterocycles. The van der Waals surface area contributed by atoms with Crippen molar-refractivity contribution in [2.45, 2.75) is 58.8 Å². The van der Waals surface area contributed by atoms with Crippen LogP contribution in [0, 0.1) is 16.7 Å². The van der Waals surface area contributed by atoms with Crippen molar-refractivity contribution in [1.29, 1.82) is 0 Å². The molecule has 138 valence electrons.